The van der Waals surface area contributed by atoms with Gasteiger partial charge in [0.1, 0.15) is 20.6 Å². The molecule has 10 heteroatoms. The highest BCUT2D eigenvalue weighted by Crippen LogP contribution is 2.43. The number of halogens is 1. The van der Waals surface area contributed by atoms with Gasteiger partial charge in [0.05, 0.1) is 13.0 Å². The molecule has 1 aromatic heterocycles. The number of amides is 1. The van der Waals surface area contributed by atoms with E-state index in [0.29, 0.717) is 34.3 Å². The van der Waals surface area contributed by atoms with Gasteiger partial charge in [0, 0.05) is 11.1 Å². The molecule has 3 rings (SSSR count). The van der Waals surface area contributed by atoms with Crippen LogP contribution in [0.25, 0.3) is 0 Å². The van der Waals surface area contributed by atoms with Crippen LogP contribution >= 0.6 is 34.7 Å². The van der Waals surface area contributed by atoms with Crippen LogP contribution in [-0.4, -0.2) is 49.5 Å². The number of carboxylic acid groups (broad SMARTS) is 1. The van der Waals surface area contributed by atoms with Crippen molar-refractivity contribution in [2.75, 3.05) is 5.75 Å². The number of hydrogen-bond acceptors (Lipinski definition) is 7. The molecule has 0 bridgehead atoms. The van der Waals surface area contributed by atoms with E-state index in [-0.39, 0.29) is 24.7 Å². The van der Waals surface area contributed by atoms with Crippen LogP contribution in [0.5, 0.6) is 0 Å². The molecule has 1 fully saturated rings. The second-order valence-corrected chi connectivity index (χ2v) is 8.24. The third kappa shape index (κ3) is 3.96. The Hall–Kier alpha value is -1.45. The fraction of sp³-hybridized carbons (Fsp3) is 0.500. The van der Waals surface area contributed by atoms with Crippen molar-refractivity contribution < 1.29 is 19.5 Å². The zero-order chi connectivity index (χ0) is 17.3. The van der Waals surface area contributed by atoms with E-state index >= 15 is 0 Å². The molecular formula is C14H14ClN3O4S2. The van der Waals surface area contributed by atoms with Gasteiger partial charge in [-0.1, -0.05) is 0 Å². The molecule has 1 saturated carbocycles. The standard InChI is InChI=1S/C14H14ClN3O4S2/c15-14(1-2-14)9(19)3-10(20)16-4-11-17-7(5-23-11)12-18-8(6-24-12)13(21)22/h5,8H,1-4,6H2,(H,16,20)(H,21,22)/t8-/m0/s1. The predicted octanol–water partition coefficient (Wildman–Crippen LogP) is 1.44. The lowest BCUT2D eigenvalue weighted by Gasteiger charge is -2.05. The summed E-state index contributed by atoms with van der Waals surface area (Å²) in [5, 5.41) is 14.6. The Morgan fingerprint density at radius 1 is 1.42 bits per heavy atom. The van der Waals surface area contributed by atoms with Gasteiger partial charge in [-0.3, -0.25) is 14.6 Å². The van der Waals surface area contributed by atoms with Gasteiger partial charge in [-0.2, -0.15) is 0 Å². The summed E-state index contributed by atoms with van der Waals surface area (Å²) in [6.07, 6.45) is 1.05. The summed E-state index contributed by atoms with van der Waals surface area (Å²) in [6.45, 7) is 0.215. The molecule has 2 N–H and O–H groups in total. The Balaban J connectivity index is 1.51. The molecule has 1 aliphatic heterocycles. The van der Waals surface area contributed by atoms with Gasteiger partial charge in [-0.15, -0.1) is 34.7 Å². The number of nitrogens with one attached hydrogen (secondary N) is 1. The fourth-order valence-corrected chi connectivity index (χ4v) is 4.00. The van der Waals surface area contributed by atoms with Crippen LogP contribution in [0.15, 0.2) is 10.4 Å². The van der Waals surface area contributed by atoms with E-state index in [1.165, 1.54) is 23.1 Å². The van der Waals surface area contributed by atoms with Crippen molar-refractivity contribution >= 4 is 57.4 Å². The first-order chi connectivity index (χ1) is 11.4. The van der Waals surface area contributed by atoms with Crippen molar-refractivity contribution in [2.45, 2.75) is 36.7 Å². The topological polar surface area (TPSA) is 109 Å². The van der Waals surface area contributed by atoms with Crippen LogP contribution in [0.3, 0.4) is 0 Å². The third-order valence-corrected chi connectivity index (χ3v) is 6.16. The number of carboxylic acids is 1. The van der Waals surface area contributed by atoms with Crippen LogP contribution < -0.4 is 5.32 Å². The second kappa shape index (κ2) is 6.81. The number of hydrogen-bond donors (Lipinski definition) is 2. The molecule has 0 spiro atoms. The summed E-state index contributed by atoms with van der Waals surface area (Å²) in [6, 6.07) is -0.730. The second-order valence-electron chi connectivity index (χ2n) is 5.57. The summed E-state index contributed by atoms with van der Waals surface area (Å²) in [5.74, 6) is -1.16. The lowest BCUT2D eigenvalue weighted by atomic mass is 10.2. The van der Waals surface area contributed by atoms with Crippen molar-refractivity contribution in [1.29, 1.82) is 0 Å². The molecule has 0 saturated heterocycles. The summed E-state index contributed by atoms with van der Waals surface area (Å²) in [4.78, 5) is 42.1. The van der Waals surface area contributed by atoms with Gasteiger partial charge in [-0.05, 0) is 12.8 Å². The molecule has 1 aliphatic carbocycles. The number of thiazole rings is 1. The van der Waals surface area contributed by atoms with E-state index in [1.54, 1.807) is 5.38 Å². The Morgan fingerprint density at radius 3 is 2.79 bits per heavy atom. The van der Waals surface area contributed by atoms with Gasteiger partial charge in [0.15, 0.2) is 11.8 Å². The van der Waals surface area contributed by atoms with E-state index in [4.69, 9.17) is 16.7 Å². The van der Waals surface area contributed by atoms with Crippen LogP contribution in [0.2, 0.25) is 0 Å². The number of aliphatic carboxylic acids is 1. The predicted molar refractivity (Wildman–Crippen MR) is 91.8 cm³/mol. The number of Topliss-reactive ketones (excluding diaryl/α,β-unsaturated/α-hetero) is 1. The molecule has 128 valence electrons. The zero-order valence-electron chi connectivity index (χ0n) is 12.5. The van der Waals surface area contributed by atoms with Crippen molar-refractivity contribution in [2.24, 2.45) is 4.99 Å². The number of rotatable bonds is 7. The maximum absolute atomic E-state index is 11.8. The van der Waals surface area contributed by atoms with Crippen molar-refractivity contribution in [3.05, 3.63) is 16.1 Å². The van der Waals surface area contributed by atoms with E-state index in [9.17, 15) is 14.4 Å². The van der Waals surface area contributed by atoms with E-state index in [0.717, 1.165) is 0 Å². The highest BCUT2D eigenvalue weighted by Gasteiger charge is 2.47. The molecule has 2 aliphatic rings. The van der Waals surface area contributed by atoms with E-state index < -0.39 is 16.9 Å². The van der Waals surface area contributed by atoms with Crippen molar-refractivity contribution in [1.82, 2.24) is 10.3 Å². The first-order valence-electron chi connectivity index (χ1n) is 7.24. The average Bonchev–Trinajstić information content (AvgIpc) is 2.96. The summed E-state index contributed by atoms with van der Waals surface area (Å²) in [5.41, 5.74) is 0.617. The molecule has 0 unspecified atom stereocenters. The molecule has 1 aromatic rings. The SMILES string of the molecule is O=C(CC(=O)C1(Cl)CC1)NCc1nc(C2=N[C@H](C(=O)O)CS2)cs1. The minimum atomic E-state index is -0.947. The van der Waals surface area contributed by atoms with Gasteiger partial charge >= 0.3 is 5.97 Å². The fourth-order valence-electron chi connectivity index (χ4n) is 2.06. The number of carbonyl (C=O) groups is 3. The number of carbonyl (C=O) groups excluding carboxylic acids is 2. The minimum absolute atomic E-state index is 0.215. The number of thioether (sulfide) groups is 1. The number of aromatic nitrogens is 1. The molecular weight excluding hydrogens is 374 g/mol. The Labute approximate surface area is 150 Å². The van der Waals surface area contributed by atoms with Crippen molar-refractivity contribution in [3.63, 3.8) is 0 Å². The molecule has 0 radical (unpaired) electrons. The molecule has 24 heavy (non-hydrogen) atoms. The van der Waals surface area contributed by atoms with Gasteiger partial charge < -0.3 is 10.4 Å². The first kappa shape index (κ1) is 17.4. The molecule has 0 aromatic carbocycles. The molecule has 2 heterocycles. The van der Waals surface area contributed by atoms with Crippen LogP contribution in [-0.2, 0) is 20.9 Å². The van der Waals surface area contributed by atoms with Crippen LogP contribution in [0.1, 0.15) is 30.0 Å². The number of nitrogens with zero attached hydrogens (tertiary/aromatic N) is 2. The summed E-state index contributed by atoms with van der Waals surface area (Å²) < 4.78 is 0. The Bertz CT molecular complexity index is 729. The largest absolute Gasteiger partial charge is 0.480 e. The monoisotopic (exact) mass is 387 g/mol. The molecule has 1 amide bonds. The first-order valence-corrected chi connectivity index (χ1v) is 9.49. The minimum Gasteiger partial charge on any atom is -0.480 e. The van der Waals surface area contributed by atoms with Gasteiger partial charge in [0.2, 0.25) is 5.91 Å². The summed E-state index contributed by atoms with van der Waals surface area (Å²) >= 11 is 8.67. The molecule has 7 nitrogen and oxygen atoms in total. The maximum atomic E-state index is 11.8. The third-order valence-electron chi connectivity index (χ3n) is 3.65. The van der Waals surface area contributed by atoms with Crippen molar-refractivity contribution in [3.8, 4) is 0 Å². The number of alkyl halides is 1. The Morgan fingerprint density at radius 2 is 2.17 bits per heavy atom. The van der Waals surface area contributed by atoms with E-state index in [1.807, 2.05) is 0 Å². The quantitative estimate of drug-likeness (QED) is 0.541. The lowest BCUT2D eigenvalue weighted by Crippen LogP contribution is -2.28. The maximum Gasteiger partial charge on any atom is 0.329 e. The number of ketones is 1. The normalized spacial score (nSPS) is 21.2. The van der Waals surface area contributed by atoms with Crippen LogP contribution in [0.4, 0.5) is 0 Å². The smallest absolute Gasteiger partial charge is 0.329 e. The van der Waals surface area contributed by atoms with Gasteiger partial charge in [-0.25, -0.2) is 9.78 Å². The Kier molecular flexibility index (Phi) is 4.93. The zero-order valence-corrected chi connectivity index (χ0v) is 14.8. The average molecular weight is 388 g/mol. The highest BCUT2D eigenvalue weighted by atomic mass is 35.5. The summed E-state index contributed by atoms with van der Waals surface area (Å²) in [7, 11) is 0. The van der Waals surface area contributed by atoms with Crippen LogP contribution in [0, 0.1) is 0 Å². The van der Waals surface area contributed by atoms with E-state index in [2.05, 4.69) is 15.3 Å². The highest BCUT2D eigenvalue weighted by molar-refractivity contribution is 8.14. The van der Waals surface area contributed by atoms with Gasteiger partial charge in [0.25, 0.3) is 0 Å². The lowest BCUT2D eigenvalue weighted by molar-refractivity contribution is -0.137. The molecule has 1 atom stereocenters. The number of aliphatic imine (C=N–C) groups is 1.